The summed E-state index contributed by atoms with van der Waals surface area (Å²) in [6.45, 7) is 2.18. The Bertz CT molecular complexity index is 807. The van der Waals surface area contributed by atoms with E-state index in [1.54, 1.807) is 6.20 Å². The lowest BCUT2D eigenvalue weighted by atomic mass is 10.1. The van der Waals surface area contributed by atoms with Gasteiger partial charge in [0.25, 0.3) is 5.56 Å². The maximum absolute atomic E-state index is 12.3. The third-order valence-electron chi connectivity index (χ3n) is 3.65. The lowest BCUT2D eigenvalue weighted by molar-refractivity contribution is 0.655. The van der Waals surface area contributed by atoms with Crippen LogP contribution in [0.25, 0.3) is 11.1 Å². The zero-order chi connectivity index (χ0) is 19.2. The highest BCUT2D eigenvalue weighted by Gasteiger charge is 2.14. The van der Waals surface area contributed by atoms with Gasteiger partial charge in [-0.1, -0.05) is 24.3 Å². The molecular formula is C17H26N6OS2. The summed E-state index contributed by atoms with van der Waals surface area (Å²) in [4.78, 5) is 23.5. The first kappa shape index (κ1) is 20.3. The highest BCUT2D eigenvalue weighted by atomic mass is 33.1. The molecule has 6 N–H and O–H groups in total. The summed E-state index contributed by atoms with van der Waals surface area (Å²) in [5, 5.41) is 3.97. The Morgan fingerprint density at radius 1 is 1.31 bits per heavy atom. The SMILES string of the molecule is CS(C)(S)c1ncc(-c2ccc(CNCCCN=C(N)N)cc2)c(=O)[nH]1. The molecule has 7 nitrogen and oxygen atoms in total. The Morgan fingerprint density at radius 3 is 2.58 bits per heavy atom. The summed E-state index contributed by atoms with van der Waals surface area (Å²) in [6, 6.07) is 7.86. The minimum atomic E-state index is -1.36. The van der Waals surface area contributed by atoms with Crippen LogP contribution in [0.3, 0.4) is 0 Å². The van der Waals surface area contributed by atoms with E-state index in [4.69, 9.17) is 11.5 Å². The van der Waals surface area contributed by atoms with Gasteiger partial charge < -0.3 is 21.8 Å². The van der Waals surface area contributed by atoms with Crippen LogP contribution in [0.4, 0.5) is 0 Å². The predicted molar refractivity (Wildman–Crippen MR) is 114 cm³/mol. The van der Waals surface area contributed by atoms with Crippen LogP contribution < -0.4 is 22.3 Å². The predicted octanol–water partition coefficient (Wildman–Crippen LogP) is 1.46. The fraction of sp³-hybridized carbons (Fsp3) is 0.353. The molecule has 0 fully saturated rings. The molecule has 9 heteroatoms. The summed E-state index contributed by atoms with van der Waals surface area (Å²) < 4.78 is 0. The van der Waals surface area contributed by atoms with Crippen molar-refractivity contribution in [2.24, 2.45) is 16.5 Å². The second kappa shape index (κ2) is 9.11. The summed E-state index contributed by atoms with van der Waals surface area (Å²) in [6.07, 6.45) is 6.42. The van der Waals surface area contributed by atoms with Gasteiger partial charge in [-0.3, -0.25) is 9.79 Å². The van der Waals surface area contributed by atoms with Gasteiger partial charge in [0.05, 0.1) is 5.56 Å². The van der Waals surface area contributed by atoms with E-state index >= 15 is 0 Å². The van der Waals surface area contributed by atoms with Crippen LogP contribution in [-0.2, 0) is 6.54 Å². The molecule has 2 rings (SSSR count). The number of hydrogen-bond acceptors (Lipinski definition) is 5. The van der Waals surface area contributed by atoms with E-state index in [1.165, 1.54) is 0 Å². The third-order valence-corrected chi connectivity index (χ3v) is 5.32. The van der Waals surface area contributed by atoms with Crippen molar-refractivity contribution in [2.45, 2.75) is 18.1 Å². The van der Waals surface area contributed by atoms with Crippen LogP contribution in [0.5, 0.6) is 0 Å². The molecule has 1 aromatic heterocycles. The molecule has 0 unspecified atom stereocenters. The van der Waals surface area contributed by atoms with Crippen LogP contribution in [0.15, 0.2) is 45.4 Å². The van der Waals surface area contributed by atoms with Crippen molar-refractivity contribution in [1.29, 1.82) is 0 Å². The summed E-state index contributed by atoms with van der Waals surface area (Å²) in [5.41, 5.74) is 12.9. The zero-order valence-electron chi connectivity index (χ0n) is 15.0. The van der Waals surface area contributed by atoms with Crippen LogP contribution in [-0.4, -0.2) is 41.5 Å². The van der Waals surface area contributed by atoms with Gasteiger partial charge in [-0.2, -0.15) is 0 Å². The van der Waals surface area contributed by atoms with Crippen LogP contribution in [0, 0.1) is 0 Å². The van der Waals surface area contributed by atoms with Gasteiger partial charge in [0.15, 0.2) is 11.1 Å². The Labute approximate surface area is 159 Å². The van der Waals surface area contributed by atoms with Crippen molar-refractivity contribution in [3.63, 3.8) is 0 Å². The highest BCUT2D eigenvalue weighted by Crippen LogP contribution is 2.50. The minimum Gasteiger partial charge on any atom is -0.370 e. The molecule has 0 aliphatic rings. The molecule has 0 saturated carbocycles. The number of aliphatic imine (C=N–C) groups is 1. The van der Waals surface area contributed by atoms with Gasteiger partial charge in [-0.05, 0) is 36.6 Å². The van der Waals surface area contributed by atoms with E-state index < -0.39 is 9.06 Å². The van der Waals surface area contributed by atoms with E-state index in [9.17, 15) is 4.79 Å². The maximum Gasteiger partial charge on any atom is 0.259 e. The monoisotopic (exact) mass is 394 g/mol. The smallest absolute Gasteiger partial charge is 0.259 e. The van der Waals surface area contributed by atoms with E-state index in [1.807, 2.05) is 36.8 Å². The number of nitrogens with one attached hydrogen (secondary N) is 2. The average molecular weight is 395 g/mol. The van der Waals surface area contributed by atoms with E-state index in [0.717, 1.165) is 30.6 Å². The second-order valence-corrected chi connectivity index (χ2v) is 11.9. The number of benzene rings is 1. The number of aromatic amines is 1. The summed E-state index contributed by atoms with van der Waals surface area (Å²) in [5.74, 6) is 0.123. The average Bonchev–Trinajstić information content (AvgIpc) is 2.57. The van der Waals surface area contributed by atoms with Crippen molar-refractivity contribution in [3.05, 3.63) is 46.4 Å². The Hall–Kier alpha value is -1.97. The number of thiol groups is 1. The number of nitrogens with two attached hydrogens (primary N) is 2. The summed E-state index contributed by atoms with van der Waals surface area (Å²) >= 11 is 4.51. The molecule has 0 saturated heterocycles. The quantitative estimate of drug-likeness (QED) is 0.116. The molecule has 0 aliphatic carbocycles. The standard InChI is InChI=1S/C17H26N6OS2/c1-26(2,25)17-22-11-14(15(24)23-17)13-6-4-12(5-7-13)10-20-8-3-9-21-16(18)19/h4-7,11,20,25H,3,8-10H2,1-2H3,(H4,18,19,21)(H,22,23,24). The van der Waals surface area contributed by atoms with E-state index in [0.29, 0.717) is 17.3 Å². The molecule has 1 heterocycles. The largest absolute Gasteiger partial charge is 0.370 e. The number of aromatic nitrogens is 2. The normalized spacial score (nSPS) is 12.0. The zero-order valence-corrected chi connectivity index (χ0v) is 16.7. The number of H-pyrrole nitrogens is 1. The minimum absolute atomic E-state index is 0.123. The fourth-order valence-corrected chi connectivity index (χ4v) is 3.22. The first-order chi connectivity index (χ1) is 12.3. The molecule has 142 valence electrons. The molecule has 1 aromatic carbocycles. The van der Waals surface area contributed by atoms with Crippen LogP contribution in [0.2, 0.25) is 0 Å². The van der Waals surface area contributed by atoms with Crippen LogP contribution in [0.1, 0.15) is 12.0 Å². The van der Waals surface area contributed by atoms with Gasteiger partial charge in [0, 0.05) is 19.3 Å². The molecule has 0 spiro atoms. The topological polar surface area (TPSA) is 122 Å². The van der Waals surface area contributed by atoms with Crippen molar-refractivity contribution in [2.75, 3.05) is 25.6 Å². The Kier molecular flexibility index (Phi) is 7.13. The van der Waals surface area contributed by atoms with Gasteiger partial charge >= 0.3 is 0 Å². The van der Waals surface area contributed by atoms with Crippen molar-refractivity contribution in [3.8, 4) is 11.1 Å². The molecule has 0 amide bonds. The number of nitrogens with zero attached hydrogens (tertiary/aromatic N) is 2. The van der Waals surface area contributed by atoms with Gasteiger partial charge in [0.1, 0.15) is 0 Å². The molecule has 2 aromatic rings. The van der Waals surface area contributed by atoms with Gasteiger partial charge in [0.2, 0.25) is 0 Å². The second-order valence-electron chi connectivity index (χ2n) is 6.24. The first-order valence-corrected chi connectivity index (χ1v) is 11.7. The van der Waals surface area contributed by atoms with Crippen molar-refractivity contribution in [1.82, 2.24) is 15.3 Å². The Balaban J connectivity index is 1.95. The lowest BCUT2D eigenvalue weighted by Crippen LogP contribution is -2.23. The molecular weight excluding hydrogens is 368 g/mol. The third kappa shape index (κ3) is 6.08. The highest BCUT2D eigenvalue weighted by molar-refractivity contribution is 8.87. The molecule has 0 atom stereocenters. The number of hydrogen-bond donors (Lipinski definition) is 5. The number of rotatable bonds is 8. The molecule has 26 heavy (non-hydrogen) atoms. The van der Waals surface area contributed by atoms with Gasteiger partial charge in [-0.25, -0.2) is 4.98 Å². The van der Waals surface area contributed by atoms with E-state index in [2.05, 4.69) is 31.9 Å². The maximum atomic E-state index is 12.3. The van der Waals surface area contributed by atoms with Crippen LogP contribution >= 0.6 is 20.7 Å². The van der Waals surface area contributed by atoms with Gasteiger partial charge in [-0.15, -0.1) is 20.7 Å². The number of guanidine groups is 1. The molecule has 0 aliphatic heterocycles. The lowest BCUT2D eigenvalue weighted by Gasteiger charge is -2.21. The molecule has 0 radical (unpaired) electrons. The molecule has 0 bridgehead atoms. The first-order valence-electron chi connectivity index (χ1n) is 8.18. The summed E-state index contributed by atoms with van der Waals surface area (Å²) in [7, 11) is -1.36. The van der Waals surface area contributed by atoms with Crippen molar-refractivity contribution >= 4 is 26.7 Å². The fourth-order valence-electron chi connectivity index (χ4n) is 2.29. The van der Waals surface area contributed by atoms with Crippen molar-refractivity contribution < 1.29 is 0 Å². The van der Waals surface area contributed by atoms with E-state index in [-0.39, 0.29) is 11.5 Å². The Morgan fingerprint density at radius 2 is 2.00 bits per heavy atom.